The fraction of sp³-hybridized carbons (Fsp3) is 0. The molecule has 0 fully saturated rings. The number of hydrogen-bond acceptors (Lipinski definition) is 9. The summed E-state index contributed by atoms with van der Waals surface area (Å²) in [5.41, 5.74) is 4.13. The molecule has 3 aliphatic heterocycles. The van der Waals surface area contributed by atoms with E-state index in [2.05, 4.69) is 15.5 Å². The molecule has 146 valence electrons. The third-order valence-electron chi connectivity index (χ3n) is 4.79. The molecule has 0 amide bonds. The lowest BCUT2D eigenvalue weighted by molar-refractivity contribution is -0.212. The highest BCUT2D eigenvalue weighted by Gasteiger charge is 2.33. The van der Waals surface area contributed by atoms with Crippen LogP contribution in [-0.2, 0) is 15.0 Å². The lowest BCUT2D eigenvalue weighted by atomic mass is 9.90. The van der Waals surface area contributed by atoms with E-state index in [0.717, 1.165) is 5.56 Å². The van der Waals surface area contributed by atoms with Gasteiger partial charge >= 0.3 is 0 Å². The maximum absolute atomic E-state index is 5.31. The molecule has 9 heteroatoms. The van der Waals surface area contributed by atoms with Gasteiger partial charge in [0.25, 0.3) is 0 Å². The molecule has 0 saturated heterocycles. The summed E-state index contributed by atoms with van der Waals surface area (Å²) in [6.07, 6.45) is 0. The van der Waals surface area contributed by atoms with Crippen molar-refractivity contribution >= 4 is 17.1 Å². The normalized spacial score (nSPS) is 15.5. The van der Waals surface area contributed by atoms with Crippen molar-refractivity contribution < 1.29 is 29.6 Å². The highest BCUT2D eigenvalue weighted by molar-refractivity contribution is 6.55. The molecule has 3 aromatic carbocycles. The van der Waals surface area contributed by atoms with E-state index in [4.69, 9.17) is 29.6 Å². The molecule has 30 heavy (non-hydrogen) atoms. The summed E-state index contributed by atoms with van der Waals surface area (Å²) in [5, 5.41) is 12.3. The first kappa shape index (κ1) is 16.4. The van der Waals surface area contributed by atoms with Crippen LogP contribution in [-0.4, -0.2) is 17.1 Å². The van der Waals surface area contributed by atoms with E-state index in [1.165, 1.54) is 0 Å². The molecule has 0 bridgehead atoms. The molecule has 0 N–H and O–H groups in total. The molecular formula is C21H11N3O6. The lowest BCUT2D eigenvalue weighted by Gasteiger charge is -2.22. The summed E-state index contributed by atoms with van der Waals surface area (Å²) >= 11 is 0. The molecule has 3 heterocycles. The van der Waals surface area contributed by atoms with Crippen molar-refractivity contribution in [2.75, 3.05) is 0 Å². The van der Waals surface area contributed by atoms with Gasteiger partial charge in [0.2, 0.25) is 0 Å². The molecule has 0 aliphatic carbocycles. The van der Waals surface area contributed by atoms with Gasteiger partial charge in [-0.15, -0.1) is 0 Å². The van der Waals surface area contributed by atoms with Gasteiger partial charge in [0.15, 0.2) is 17.2 Å². The van der Waals surface area contributed by atoms with E-state index in [1.54, 1.807) is 18.2 Å². The van der Waals surface area contributed by atoms with Crippen LogP contribution in [0.5, 0.6) is 17.2 Å². The van der Waals surface area contributed by atoms with Crippen LogP contribution in [0.25, 0.3) is 0 Å². The molecule has 3 aliphatic rings. The zero-order valence-electron chi connectivity index (χ0n) is 15.1. The molecule has 0 spiro atoms. The number of hydrogen-bond donors (Lipinski definition) is 0. The summed E-state index contributed by atoms with van der Waals surface area (Å²) in [4.78, 5) is 30.6. The van der Waals surface area contributed by atoms with E-state index in [-0.39, 0.29) is 0 Å². The Hall–Kier alpha value is -4.53. The van der Waals surface area contributed by atoms with Crippen molar-refractivity contribution in [2.45, 2.75) is 0 Å². The number of rotatable bonds is 2. The molecule has 0 atom stereocenters. The van der Waals surface area contributed by atoms with E-state index in [1.807, 2.05) is 48.5 Å². The van der Waals surface area contributed by atoms with Crippen molar-refractivity contribution in [3.8, 4) is 17.2 Å². The number of fused-ring (bicyclic) bond motifs is 3. The van der Waals surface area contributed by atoms with Crippen molar-refractivity contribution in [1.82, 2.24) is 0 Å². The largest absolute Gasteiger partial charge is 0.267 e. The minimum Gasteiger partial charge on any atom is -0.267 e. The Labute approximate surface area is 169 Å². The average molecular weight is 401 g/mol. The van der Waals surface area contributed by atoms with E-state index >= 15 is 0 Å². The molecule has 3 aromatic rings. The molecule has 0 aromatic heterocycles. The smallest absolute Gasteiger partial charge is 0.191 e. The van der Waals surface area contributed by atoms with Gasteiger partial charge in [0, 0.05) is 5.56 Å². The second-order valence-corrected chi connectivity index (χ2v) is 6.46. The number of nitrogens with zero attached hydrogens (tertiary/aromatic N) is 3. The van der Waals surface area contributed by atoms with Crippen LogP contribution in [0.1, 0.15) is 22.3 Å². The SMILES string of the molecule is c1ccc2c(c1)OON=C2C1=NOOc2cccc(C3=NOOc4ccccc43)c21. The molecule has 6 rings (SSSR count). The van der Waals surface area contributed by atoms with Gasteiger partial charge in [-0.1, -0.05) is 36.4 Å². The van der Waals surface area contributed by atoms with Crippen LogP contribution in [0.2, 0.25) is 0 Å². The van der Waals surface area contributed by atoms with E-state index < -0.39 is 0 Å². The van der Waals surface area contributed by atoms with Crippen LogP contribution in [0, 0.1) is 0 Å². The summed E-state index contributed by atoms with van der Waals surface area (Å²) < 4.78 is 0. The third-order valence-corrected chi connectivity index (χ3v) is 4.79. The molecule has 0 saturated carbocycles. The zero-order valence-corrected chi connectivity index (χ0v) is 15.1. The maximum atomic E-state index is 5.31. The standard InChI is InChI=1S/C21H11N3O6/c1-3-9-15-12(6-1)19(22-28-25-15)14-8-5-11-17-18(14)21(24-30-27-17)20-13-7-2-4-10-16(13)26-29-23-20/h1-11H. The van der Waals surface area contributed by atoms with Crippen molar-refractivity contribution in [3.05, 3.63) is 89.0 Å². The Morgan fingerprint density at radius 2 is 0.933 bits per heavy atom. The summed E-state index contributed by atoms with van der Waals surface area (Å²) in [5.74, 6) is 1.49. The summed E-state index contributed by atoms with van der Waals surface area (Å²) in [6.45, 7) is 0. The second kappa shape index (κ2) is 6.52. The summed E-state index contributed by atoms with van der Waals surface area (Å²) in [7, 11) is 0. The summed E-state index contributed by atoms with van der Waals surface area (Å²) in [6, 6.07) is 20.2. The Kier molecular flexibility index (Phi) is 3.57. The fourth-order valence-corrected chi connectivity index (χ4v) is 3.47. The third kappa shape index (κ3) is 2.46. The van der Waals surface area contributed by atoms with Crippen molar-refractivity contribution in [3.63, 3.8) is 0 Å². The second-order valence-electron chi connectivity index (χ2n) is 6.46. The monoisotopic (exact) mass is 401 g/mol. The van der Waals surface area contributed by atoms with E-state index in [0.29, 0.717) is 51.1 Å². The van der Waals surface area contributed by atoms with Crippen molar-refractivity contribution in [2.24, 2.45) is 15.5 Å². The van der Waals surface area contributed by atoms with Crippen LogP contribution in [0.3, 0.4) is 0 Å². The quantitative estimate of drug-likeness (QED) is 0.610. The lowest BCUT2D eigenvalue weighted by Crippen LogP contribution is -2.28. The number of benzene rings is 3. The first-order valence-corrected chi connectivity index (χ1v) is 8.98. The average Bonchev–Trinajstić information content (AvgIpc) is 2.82. The first-order valence-electron chi connectivity index (χ1n) is 8.98. The first-order chi connectivity index (χ1) is 14.9. The Balaban J connectivity index is 1.54. The Bertz CT molecular complexity index is 1270. The van der Waals surface area contributed by atoms with Gasteiger partial charge in [0.05, 0.1) is 16.7 Å². The molecular weight excluding hydrogens is 390 g/mol. The highest BCUT2D eigenvalue weighted by atomic mass is 17.3. The minimum atomic E-state index is 0.397. The van der Waals surface area contributed by atoms with E-state index in [9.17, 15) is 0 Å². The van der Waals surface area contributed by atoms with Gasteiger partial charge in [0.1, 0.15) is 17.1 Å². The minimum absolute atomic E-state index is 0.397. The van der Waals surface area contributed by atoms with Crippen LogP contribution >= 0.6 is 0 Å². The number of para-hydroxylation sites is 2. The van der Waals surface area contributed by atoms with Crippen molar-refractivity contribution in [1.29, 1.82) is 0 Å². The Morgan fingerprint density at radius 3 is 1.67 bits per heavy atom. The molecule has 0 unspecified atom stereocenters. The number of oxime groups is 3. The zero-order chi connectivity index (χ0) is 19.9. The Morgan fingerprint density at radius 1 is 0.433 bits per heavy atom. The fourth-order valence-electron chi connectivity index (χ4n) is 3.47. The van der Waals surface area contributed by atoms with Gasteiger partial charge < -0.3 is 0 Å². The van der Waals surface area contributed by atoms with Gasteiger partial charge in [-0.25, -0.2) is 0 Å². The van der Waals surface area contributed by atoms with Crippen LogP contribution < -0.4 is 14.7 Å². The van der Waals surface area contributed by atoms with Crippen LogP contribution in [0.4, 0.5) is 0 Å². The highest BCUT2D eigenvalue weighted by Crippen LogP contribution is 2.35. The topological polar surface area (TPSA) is 92.5 Å². The maximum Gasteiger partial charge on any atom is 0.191 e. The van der Waals surface area contributed by atoms with Gasteiger partial charge in [-0.2, -0.15) is 15.0 Å². The van der Waals surface area contributed by atoms with Gasteiger partial charge in [-0.05, 0) is 45.8 Å². The van der Waals surface area contributed by atoms with Gasteiger partial charge in [-0.3, -0.25) is 14.7 Å². The molecule has 9 nitrogen and oxygen atoms in total. The predicted octanol–water partition coefficient (Wildman–Crippen LogP) is 3.52. The van der Waals surface area contributed by atoms with Crippen LogP contribution in [0.15, 0.2) is 82.2 Å². The predicted molar refractivity (Wildman–Crippen MR) is 103 cm³/mol. The molecule has 0 radical (unpaired) electrons.